The molecule has 3 heterocycles. The van der Waals surface area contributed by atoms with Crippen LogP contribution in [0.15, 0.2) is 29.0 Å². The van der Waals surface area contributed by atoms with E-state index in [0.29, 0.717) is 23.6 Å². The van der Waals surface area contributed by atoms with Crippen molar-refractivity contribution in [2.75, 3.05) is 13.1 Å². The molecule has 0 aromatic carbocycles. The molecule has 6 nitrogen and oxygen atoms in total. The summed E-state index contributed by atoms with van der Waals surface area (Å²) >= 11 is 0. The minimum absolute atomic E-state index is 0.305. The second-order valence-corrected chi connectivity index (χ2v) is 7.21. The number of amides is 1. The maximum absolute atomic E-state index is 12.4. The number of aryl methyl sites for hydroxylation is 1. The van der Waals surface area contributed by atoms with Crippen molar-refractivity contribution < 1.29 is 9.32 Å². The lowest BCUT2D eigenvalue weighted by molar-refractivity contribution is -0.140. The summed E-state index contributed by atoms with van der Waals surface area (Å²) in [7, 11) is 0. The van der Waals surface area contributed by atoms with Gasteiger partial charge in [-0.1, -0.05) is 11.6 Å². The van der Waals surface area contributed by atoms with E-state index < -0.39 is 0 Å². The van der Waals surface area contributed by atoms with Gasteiger partial charge in [0.25, 0.3) is 5.89 Å². The van der Waals surface area contributed by atoms with E-state index in [1.165, 1.54) is 12.8 Å². The number of carbonyl (C=O) groups is 1. The van der Waals surface area contributed by atoms with Gasteiger partial charge in [-0.15, -0.1) is 0 Å². The molecule has 2 fully saturated rings. The van der Waals surface area contributed by atoms with Crippen molar-refractivity contribution in [3.63, 3.8) is 0 Å². The Morgan fingerprint density at radius 3 is 2.80 bits per heavy atom. The molecule has 2 aliphatic rings. The first kappa shape index (κ1) is 16.2. The van der Waals surface area contributed by atoms with Crippen LogP contribution in [0, 0.1) is 11.8 Å². The van der Waals surface area contributed by atoms with Crippen LogP contribution in [0.4, 0.5) is 0 Å². The molecule has 1 amide bonds. The van der Waals surface area contributed by atoms with Crippen molar-refractivity contribution in [2.24, 2.45) is 11.8 Å². The van der Waals surface area contributed by atoms with Crippen LogP contribution in [0.2, 0.25) is 0 Å². The summed E-state index contributed by atoms with van der Waals surface area (Å²) in [5.41, 5.74) is 0.892. The minimum Gasteiger partial charge on any atom is -0.342 e. The maximum Gasteiger partial charge on any atom is 0.258 e. The standard InChI is InChI=1S/C19H24N4O2/c24-19(16-4-1-5-16)23-12-2-3-14(13-23)6-7-17-21-18(25-22-17)15-8-10-20-11-9-15/h8-11,14,16H,1-7,12-13H2. The van der Waals surface area contributed by atoms with Crippen molar-refractivity contribution in [1.82, 2.24) is 20.0 Å². The monoisotopic (exact) mass is 340 g/mol. The molecule has 25 heavy (non-hydrogen) atoms. The number of aromatic nitrogens is 3. The van der Waals surface area contributed by atoms with E-state index in [1.54, 1.807) is 12.4 Å². The fourth-order valence-electron chi connectivity index (χ4n) is 3.71. The molecule has 0 spiro atoms. The fourth-order valence-corrected chi connectivity index (χ4v) is 3.71. The number of piperidine rings is 1. The van der Waals surface area contributed by atoms with Gasteiger partial charge in [0.1, 0.15) is 0 Å². The SMILES string of the molecule is O=C(C1CCC1)N1CCCC(CCc2noc(-c3ccncc3)n2)C1. The molecule has 132 valence electrons. The Balaban J connectivity index is 1.30. The number of hydrogen-bond donors (Lipinski definition) is 0. The van der Waals surface area contributed by atoms with E-state index >= 15 is 0 Å². The van der Waals surface area contributed by atoms with Crippen molar-refractivity contribution in [2.45, 2.75) is 44.9 Å². The molecule has 1 atom stereocenters. The Kier molecular flexibility index (Phi) is 4.76. The van der Waals surface area contributed by atoms with Gasteiger partial charge >= 0.3 is 0 Å². The average molecular weight is 340 g/mol. The molecule has 0 bridgehead atoms. The maximum atomic E-state index is 12.4. The van der Waals surface area contributed by atoms with E-state index in [4.69, 9.17) is 4.52 Å². The molecule has 4 rings (SSSR count). The summed E-state index contributed by atoms with van der Waals surface area (Å²) in [6.45, 7) is 1.82. The van der Waals surface area contributed by atoms with Crippen LogP contribution in [0.3, 0.4) is 0 Å². The Morgan fingerprint density at radius 2 is 2.04 bits per heavy atom. The van der Waals surface area contributed by atoms with E-state index in [2.05, 4.69) is 20.0 Å². The van der Waals surface area contributed by atoms with Crippen molar-refractivity contribution in [1.29, 1.82) is 0 Å². The van der Waals surface area contributed by atoms with Gasteiger partial charge in [-0.3, -0.25) is 9.78 Å². The van der Waals surface area contributed by atoms with E-state index in [1.807, 2.05) is 12.1 Å². The third kappa shape index (κ3) is 3.72. The van der Waals surface area contributed by atoms with Gasteiger partial charge in [0.05, 0.1) is 0 Å². The zero-order valence-electron chi connectivity index (χ0n) is 14.4. The normalized spacial score (nSPS) is 21.1. The van der Waals surface area contributed by atoms with Crippen molar-refractivity contribution in [3.05, 3.63) is 30.4 Å². The Bertz CT molecular complexity index is 711. The van der Waals surface area contributed by atoms with Gasteiger partial charge in [0.15, 0.2) is 5.82 Å². The lowest BCUT2D eigenvalue weighted by Gasteiger charge is -2.37. The van der Waals surface area contributed by atoms with E-state index in [9.17, 15) is 4.79 Å². The fraction of sp³-hybridized carbons (Fsp3) is 0.579. The second-order valence-electron chi connectivity index (χ2n) is 7.21. The molecule has 1 unspecified atom stereocenters. The first-order valence-corrected chi connectivity index (χ1v) is 9.31. The highest BCUT2D eigenvalue weighted by Crippen LogP contribution is 2.30. The number of pyridine rings is 1. The van der Waals surface area contributed by atoms with Gasteiger partial charge < -0.3 is 9.42 Å². The molecule has 1 aliphatic heterocycles. The summed E-state index contributed by atoms with van der Waals surface area (Å²) in [4.78, 5) is 23.0. The molecule has 0 radical (unpaired) electrons. The van der Waals surface area contributed by atoms with Crippen molar-refractivity contribution >= 4 is 5.91 Å². The van der Waals surface area contributed by atoms with Crippen LogP contribution in [-0.2, 0) is 11.2 Å². The van der Waals surface area contributed by atoms with Gasteiger partial charge in [0.2, 0.25) is 5.91 Å². The summed E-state index contributed by atoms with van der Waals surface area (Å²) < 4.78 is 5.35. The van der Waals surface area contributed by atoms with Gasteiger partial charge in [-0.25, -0.2) is 0 Å². The number of nitrogens with zero attached hydrogens (tertiary/aromatic N) is 4. The largest absolute Gasteiger partial charge is 0.342 e. The number of likely N-dealkylation sites (tertiary alicyclic amines) is 1. The van der Waals surface area contributed by atoms with Crippen LogP contribution in [0.1, 0.15) is 44.3 Å². The summed E-state index contributed by atoms with van der Waals surface area (Å²) in [5.74, 6) is 2.52. The zero-order chi connectivity index (χ0) is 17.1. The highest BCUT2D eigenvalue weighted by Gasteiger charge is 2.32. The number of hydrogen-bond acceptors (Lipinski definition) is 5. The lowest BCUT2D eigenvalue weighted by Crippen LogP contribution is -2.44. The van der Waals surface area contributed by atoms with Crippen LogP contribution < -0.4 is 0 Å². The van der Waals surface area contributed by atoms with Crippen LogP contribution in [0.25, 0.3) is 11.5 Å². The smallest absolute Gasteiger partial charge is 0.258 e. The molecule has 2 aromatic heterocycles. The predicted molar refractivity (Wildman–Crippen MR) is 92.5 cm³/mol. The minimum atomic E-state index is 0.305. The molecule has 6 heteroatoms. The summed E-state index contributed by atoms with van der Waals surface area (Å²) in [6, 6.07) is 3.73. The topological polar surface area (TPSA) is 72.1 Å². The third-order valence-electron chi connectivity index (χ3n) is 5.46. The zero-order valence-corrected chi connectivity index (χ0v) is 14.4. The van der Waals surface area contributed by atoms with Gasteiger partial charge in [-0.2, -0.15) is 4.98 Å². The molecule has 1 saturated heterocycles. The van der Waals surface area contributed by atoms with E-state index in [0.717, 1.165) is 56.6 Å². The molecular weight excluding hydrogens is 316 g/mol. The van der Waals surface area contributed by atoms with Gasteiger partial charge in [-0.05, 0) is 50.2 Å². The Hall–Kier alpha value is -2.24. The quantitative estimate of drug-likeness (QED) is 0.836. The summed E-state index contributed by atoms with van der Waals surface area (Å²) in [6.07, 6.45) is 10.9. The summed E-state index contributed by atoms with van der Waals surface area (Å²) in [5, 5.41) is 4.09. The van der Waals surface area contributed by atoms with Crippen LogP contribution >= 0.6 is 0 Å². The molecule has 1 aliphatic carbocycles. The molecule has 0 N–H and O–H groups in total. The Morgan fingerprint density at radius 1 is 1.20 bits per heavy atom. The van der Waals surface area contributed by atoms with Crippen LogP contribution in [0.5, 0.6) is 0 Å². The predicted octanol–water partition coefficient (Wildman–Crippen LogP) is 3.10. The van der Waals surface area contributed by atoms with Crippen LogP contribution in [-0.4, -0.2) is 39.0 Å². The Labute approximate surface area is 147 Å². The first-order valence-electron chi connectivity index (χ1n) is 9.31. The number of rotatable bonds is 5. The average Bonchev–Trinajstić information content (AvgIpc) is 3.08. The first-order chi connectivity index (χ1) is 12.3. The second kappa shape index (κ2) is 7.33. The van der Waals surface area contributed by atoms with Crippen molar-refractivity contribution in [3.8, 4) is 11.5 Å². The molecule has 2 aromatic rings. The number of carbonyl (C=O) groups excluding carboxylic acids is 1. The highest BCUT2D eigenvalue weighted by molar-refractivity contribution is 5.79. The lowest BCUT2D eigenvalue weighted by atomic mass is 9.83. The highest BCUT2D eigenvalue weighted by atomic mass is 16.5. The third-order valence-corrected chi connectivity index (χ3v) is 5.46. The molecule has 1 saturated carbocycles. The van der Waals surface area contributed by atoms with Gasteiger partial charge in [0, 0.05) is 43.4 Å². The molecular formula is C19H24N4O2. The van der Waals surface area contributed by atoms with E-state index in [-0.39, 0.29) is 0 Å².